The fraction of sp³-hybridized carbons (Fsp3) is 0.391. The van der Waals surface area contributed by atoms with Gasteiger partial charge in [-0.05, 0) is 54.9 Å². The molecule has 0 aliphatic carbocycles. The Hall–Kier alpha value is -2.84. The highest BCUT2D eigenvalue weighted by atomic mass is 32.1. The van der Waals surface area contributed by atoms with Gasteiger partial charge in [-0.25, -0.2) is 0 Å². The van der Waals surface area contributed by atoms with E-state index in [1.54, 1.807) is 17.0 Å². The van der Waals surface area contributed by atoms with Crippen molar-refractivity contribution in [2.24, 2.45) is 0 Å². The van der Waals surface area contributed by atoms with Crippen molar-refractivity contribution < 1.29 is 14.3 Å². The lowest BCUT2D eigenvalue weighted by atomic mass is 10.1. The van der Waals surface area contributed by atoms with Gasteiger partial charge in [0.25, 0.3) is 11.8 Å². The SMILES string of the molecule is CCCCCc1ccc(NC(=S)NC(=O)c2cccnc2C(=O)N2CCOCC2)cc1. The zero-order valence-corrected chi connectivity index (χ0v) is 18.5. The van der Waals surface area contributed by atoms with Crippen LogP contribution in [0.3, 0.4) is 0 Å². The van der Waals surface area contributed by atoms with Gasteiger partial charge >= 0.3 is 0 Å². The minimum Gasteiger partial charge on any atom is -0.378 e. The molecule has 1 fully saturated rings. The summed E-state index contributed by atoms with van der Waals surface area (Å²) in [6.45, 7) is 4.10. The molecule has 0 radical (unpaired) electrons. The van der Waals surface area contributed by atoms with Crippen LogP contribution in [0.5, 0.6) is 0 Å². The number of aromatic nitrogens is 1. The van der Waals surface area contributed by atoms with Crippen LogP contribution in [0.15, 0.2) is 42.6 Å². The van der Waals surface area contributed by atoms with Crippen molar-refractivity contribution >= 4 is 34.8 Å². The van der Waals surface area contributed by atoms with Crippen LogP contribution in [-0.4, -0.2) is 53.1 Å². The van der Waals surface area contributed by atoms with Crippen LogP contribution < -0.4 is 10.6 Å². The van der Waals surface area contributed by atoms with Crippen LogP contribution in [0.4, 0.5) is 5.69 Å². The number of nitrogens with zero attached hydrogens (tertiary/aromatic N) is 2. The molecule has 0 bridgehead atoms. The first-order valence-corrected chi connectivity index (χ1v) is 11.0. The molecule has 0 spiro atoms. The van der Waals surface area contributed by atoms with Gasteiger partial charge in [0.15, 0.2) is 5.11 Å². The third-order valence-corrected chi connectivity index (χ3v) is 5.27. The van der Waals surface area contributed by atoms with E-state index in [1.807, 2.05) is 12.1 Å². The molecule has 1 aromatic carbocycles. The molecule has 0 unspecified atom stereocenters. The molecular weight excluding hydrogens is 412 g/mol. The fourth-order valence-electron chi connectivity index (χ4n) is 3.34. The van der Waals surface area contributed by atoms with Crippen molar-refractivity contribution in [3.05, 3.63) is 59.4 Å². The summed E-state index contributed by atoms with van der Waals surface area (Å²) >= 11 is 5.29. The number of carbonyl (C=O) groups excluding carboxylic acids is 2. The van der Waals surface area contributed by atoms with Crippen LogP contribution in [0.2, 0.25) is 0 Å². The summed E-state index contributed by atoms with van der Waals surface area (Å²) in [6, 6.07) is 11.2. The molecule has 3 rings (SSSR count). The highest BCUT2D eigenvalue weighted by Gasteiger charge is 2.25. The number of hydrogen-bond acceptors (Lipinski definition) is 5. The normalized spacial score (nSPS) is 13.5. The molecule has 1 aliphatic rings. The standard InChI is InChI=1S/C23H28N4O3S/c1-2-3-4-6-17-8-10-18(11-9-17)25-23(31)26-21(28)19-7-5-12-24-20(19)22(29)27-13-15-30-16-14-27/h5,7-12H,2-4,6,13-16H2,1H3,(H2,25,26,28,31). The molecule has 0 atom stereocenters. The fourth-order valence-corrected chi connectivity index (χ4v) is 3.55. The Morgan fingerprint density at radius 1 is 1.13 bits per heavy atom. The zero-order valence-electron chi connectivity index (χ0n) is 17.7. The first kappa shape index (κ1) is 22.8. The van der Waals surface area contributed by atoms with Gasteiger partial charge < -0.3 is 15.0 Å². The Morgan fingerprint density at radius 3 is 2.58 bits per heavy atom. The largest absolute Gasteiger partial charge is 0.378 e. The predicted octanol–water partition coefficient (Wildman–Crippen LogP) is 3.41. The molecule has 1 aliphatic heterocycles. The Labute approximate surface area is 188 Å². The zero-order chi connectivity index (χ0) is 22.1. The number of nitrogens with one attached hydrogen (secondary N) is 2. The number of aryl methyl sites for hydroxylation is 1. The lowest BCUT2D eigenvalue weighted by Crippen LogP contribution is -2.42. The van der Waals surface area contributed by atoms with Gasteiger partial charge in [-0.2, -0.15) is 0 Å². The van der Waals surface area contributed by atoms with Crippen molar-refractivity contribution in [2.75, 3.05) is 31.6 Å². The first-order valence-electron chi connectivity index (χ1n) is 10.6. The molecular formula is C23H28N4O3S. The maximum absolute atomic E-state index is 12.8. The number of morpholine rings is 1. The number of thiocarbonyl (C=S) groups is 1. The number of carbonyl (C=O) groups is 2. The summed E-state index contributed by atoms with van der Waals surface area (Å²) in [5.41, 5.74) is 2.37. The van der Waals surface area contributed by atoms with E-state index in [1.165, 1.54) is 31.0 Å². The Bertz CT molecular complexity index is 911. The molecule has 2 amide bonds. The van der Waals surface area contributed by atoms with Crippen molar-refractivity contribution in [1.82, 2.24) is 15.2 Å². The average Bonchev–Trinajstić information content (AvgIpc) is 2.80. The molecule has 2 N–H and O–H groups in total. The van der Waals surface area contributed by atoms with Crippen LogP contribution in [0, 0.1) is 0 Å². The summed E-state index contributed by atoms with van der Waals surface area (Å²) < 4.78 is 5.29. The second-order valence-corrected chi connectivity index (χ2v) is 7.77. The number of ether oxygens (including phenoxy) is 1. The van der Waals surface area contributed by atoms with Gasteiger partial charge in [-0.3, -0.25) is 19.9 Å². The highest BCUT2D eigenvalue weighted by molar-refractivity contribution is 7.80. The minimum atomic E-state index is -0.474. The molecule has 0 saturated carbocycles. The van der Waals surface area contributed by atoms with Crippen LogP contribution in [0.1, 0.15) is 52.6 Å². The monoisotopic (exact) mass is 440 g/mol. The molecule has 31 heavy (non-hydrogen) atoms. The van der Waals surface area contributed by atoms with Gasteiger partial charge in [0.1, 0.15) is 5.69 Å². The molecule has 164 valence electrons. The van der Waals surface area contributed by atoms with Crippen molar-refractivity contribution in [3.8, 4) is 0 Å². The Kier molecular flexibility index (Phi) is 8.49. The van der Waals surface area contributed by atoms with E-state index in [-0.39, 0.29) is 22.3 Å². The number of unbranched alkanes of at least 4 members (excludes halogenated alkanes) is 2. The Morgan fingerprint density at radius 2 is 1.87 bits per heavy atom. The van der Waals surface area contributed by atoms with E-state index in [0.717, 1.165) is 12.1 Å². The number of amides is 2. The van der Waals surface area contributed by atoms with Crippen molar-refractivity contribution in [1.29, 1.82) is 0 Å². The molecule has 1 saturated heterocycles. The van der Waals surface area contributed by atoms with Crippen molar-refractivity contribution in [3.63, 3.8) is 0 Å². The summed E-state index contributed by atoms with van der Waals surface area (Å²) in [5, 5.41) is 5.83. The van der Waals surface area contributed by atoms with Gasteiger partial charge in [0, 0.05) is 25.0 Å². The van der Waals surface area contributed by atoms with Gasteiger partial charge in [0.2, 0.25) is 0 Å². The maximum Gasteiger partial charge on any atom is 0.273 e. The van der Waals surface area contributed by atoms with Crippen molar-refractivity contribution in [2.45, 2.75) is 32.6 Å². The average molecular weight is 441 g/mol. The number of anilines is 1. The molecule has 2 heterocycles. The lowest BCUT2D eigenvalue weighted by Gasteiger charge is -2.27. The summed E-state index contributed by atoms with van der Waals surface area (Å²) in [5.74, 6) is -0.759. The third kappa shape index (κ3) is 6.57. The van der Waals surface area contributed by atoms with Crippen LogP contribution >= 0.6 is 12.2 Å². The van der Waals surface area contributed by atoms with E-state index in [4.69, 9.17) is 17.0 Å². The van der Waals surface area contributed by atoms with E-state index in [2.05, 4.69) is 34.7 Å². The highest BCUT2D eigenvalue weighted by Crippen LogP contribution is 2.13. The number of rotatable bonds is 7. The second kappa shape index (κ2) is 11.5. The Balaban J connectivity index is 1.60. The quantitative estimate of drug-likeness (QED) is 0.507. The second-order valence-electron chi connectivity index (χ2n) is 7.37. The molecule has 8 heteroatoms. The number of benzene rings is 1. The number of pyridine rings is 1. The number of hydrogen-bond donors (Lipinski definition) is 2. The lowest BCUT2D eigenvalue weighted by molar-refractivity contribution is 0.0298. The van der Waals surface area contributed by atoms with E-state index < -0.39 is 5.91 Å². The van der Waals surface area contributed by atoms with E-state index in [0.29, 0.717) is 26.3 Å². The van der Waals surface area contributed by atoms with Gasteiger partial charge in [-0.1, -0.05) is 31.9 Å². The molecule has 2 aromatic rings. The van der Waals surface area contributed by atoms with E-state index >= 15 is 0 Å². The maximum atomic E-state index is 12.8. The summed E-state index contributed by atoms with van der Waals surface area (Å²) in [6.07, 6.45) is 6.15. The van der Waals surface area contributed by atoms with Crippen LogP contribution in [0.25, 0.3) is 0 Å². The topological polar surface area (TPSA) is 83.6 Å². The molecule has 1 aromatic heterocycles. The third-order valence-electron chi connectivity index (χ3n) is 5.06. The first-order chi connectivity index (χ1) is 15.1. The minimum absolute atomic E-state index is 0.112. The summed E-state index contributed by atoms with van der Waals surface area (Å²) in [7, 11) is 0. The van der Waals surface area contributed by atoms with Crippen LogP contribution in [-0.2, 0) is 11.2 Å². The predicted molar refractivity (Wildman–Crippen MR) is 124 cm³/mol. The van der Waals surface area contributed by atoms with Gasteiger partial charge in [0.05, 0.1) is 18.8 Å². The van der Waals surface area contributed by atoms with E-state index in [9.17, 15) is 9.59 Å². The smallest absolute Gasteiger partial charge is 0.273 e. The van der Waals surface area contributed by atoms with Gasteiger partial charge in [-0.15, -0.1) is 0 Å². The summed E-state index contributed by atoms with van der Waals surface area (Å²) in [4.78, 5) is 31.4. The molecule has 7 nitrogen and oxygen atoms in total.